The zero-order valence-electron chi connectivity index (χ0n) is 11.2. The van der Waals surface area contributed by atoms with E-state index in [9.17, 15) is 8.42 Å². The molecule has 2 N–H and O–H groups in total. The number of hydrogen-bond donors (Lipinski definition) is 2. The quantitative estimate of drug-likeness (QED) is 0.783. The van der Waals surface area contributed by atoms with Crippen molar-refractivity contribution < 1.29 is 17.9 Å². The van der Waals surface area contributed by atoms with Gasteiger partial charge in [-0.1, -0.05) is 0 Å². The third-order valence-corrected chi connectivity index (χ3v) is 4.16. The Balaban J connectivity index is 0.00000200. The summed E-state index contributed by atoms with van der Waals surface area (Å²) in [5.74, 6) is 1.07. The van der Waals surface area contributed by atoms with Crippen LogP contribution in [-0.2, 0) is 10.0 Å². The molecule has 0 bridgehead atoms. The maximum atomic E-state index is 12.0. The van der Waals surface area contributed by atoms with Crippen LogP contribution in [0.4, 0.5) is 0 Å². The lowest BCUT2D eigenvalue weighted by Crippen LogP contribution is -2.30. The van der Waals surface area contributed by atoms with Crippen LogP contribution in [-0.4, -0.2) is 41.8 Å². The molecule has 114 valence electrons. The van der Waals surface area contributed by atoms with E-state index in [1.54, 1.807) is 13.1 Å². The minimum Gasteiger partial charge on any atom is -0.490 e. The molecular weight excluding hydrogens is 304 g/mol. The smallest absolute Gasteiger partial charge is 0.240 e. The van der Waals surface area contributed by atoms with E-state index in [1.807, 2.05) is 0 Å². The number of rotatable bonds is 5. The summed E-state index contributed by atoms with van der Waals surface area (Å²) in [6, 6.07) is 4.66. The topological polar surface area (TPSA) is 76.7 Å². The molecule has 1 heterocycles. The molecule has 1 aromatic rings. The van der Waals surface area contributed by atoms with Gasteiger partial charge in [0.1, 0.15) is 0 Å². The molecule has 1 aliphatic rings. The third kappa shape index (κ3) is 4.24. The van der Waals surface area contributed by atoms with Crippen molar-refractivity contribution in [3.8, 4) is 11.5 Å². The second-order valence-electron chi connectivity index (χ2n) is 4.16. The zero-order chi connectivity index (χ0) is 13.7. The predicted octanol–water partition coefficient (Wildman–Crippen LogP) is 0.767. The van der Waals surface area contributed by atoms with Gasteiger partial charge in [0.25, 0.3) is 0 Å². The minimum atomic E-state index is -3.50. The first-order chi connectivity index (χ1) is 9.13. The average molecular weight is 323 g/mol. The number of likely N-dealkylation sites (N-methyl/N-ethyl adjacent to an activating group) is 1. The van der Waals surface area contributed by atoms with Crippen molar-refractivity contribution in [2.75, 3.05) is 33.4 Å². The van der Waals surface area contributed by atoms with Crippen LogP contribution in [0.5, 0.6) is 11.5 Å². The molecule has 0 atom stereocenters. The van der Waals surface area contributed by atoms with Gasteiger partial charge in [-0.2, -0.15) is 0 Å². The molecule has 8 heteroatoms. The molecule has 0 fully saturated rings. The van der Waals surface area contributed by atoms with Gasteiger partial charge in [0, 0.05) is 25.6 Å². The molecular formula is C12H19ClN2O4S. The van der Waals surface area contributed by atoms with E-state index in [0.717, 1.165) is 6.42 Å². The molecule has 0 unspecified atom stereocenters. The lowest BCUT2D eigenvalue weighted by Gasteiger charge is -2.10. The fraction of sp³-hybridized carbons (Fsp3) is 0.500. The van der Waals surface area contributed by atoms with Crippen molar-refractivity contribution in [2.24, 2.45) is 0 Å². The van der Waals surface area contributed by atoms with Crippen LogP contribution in [0, 0.1) is 0 Å². The number of benzene rings is 1. The summed E-state index contributed by atoms with van der Waals surface area (Å²) >= 11 is 0. The normalized spacial score (nSPS) is 14.2. The van der Waals surface area contributed by atoms with Crippen molar-refractivity contribution in [1.29, 1.82) is 0 Å². The van der Waals surface area contributed by atoms with Crippen molar-refractivity contribution in [1.82, 2.24) is 10.0 Å². The Morgan fingerprint density at radius 2 is 1.85 bits per heavy atom. The van der Waals surface area contributed by atoms with Crippen molar-refractivity contribution in [3.63, 3.8) is 0 Å². The van der Waals surface area contributed by atoms with E-state index in [1.165, 1.54) is 12.1 Å². The zero-order valence-corrected chi connectivity index (χ0v) is 12.9. The molecule has 0 aromatic heterocycles. The van der Waals surface area contributed by atoms with Gasteiger partial charge in [0.15, 0.2) is 11.5 Å². The molecule has 0 radical (unpaired) electrons. The summed E-state index contributed by atoms with van der Waals surface area (Å²) in [6.07, 6.45) is 0.789. The highest BCUT2D eigenvalue weighted by molar-refractivity contribution is 7.89. The third-order valence-electron chi connectivity index (χ3n) is 2.70. The molecule has 1 aliphatic heterocycles. The molecule has 0 amide bonds. The van der Waals surface area contributed by atoms with Gasteiger partial charge in [-0.15, -0.1) is 12.4 Å². The lowest BCUT2D eigenvalue weighted by atomic mass is 10.3. The Morgan fingerprint density at radius 1 is 1.15 bits per heavy atom. The first-order valence-electron chi connectivity index (χ1n) is 6.17. The van der Waals surface area contributed by atoms with Gasteiger partial charge in [0.2, 0.25) is 10.0 Å². The van der Waals surface area contributed by atoms with E-state index in [0.29, 0.717) is 37.8 Å². The molecule has 6 nitrogen and oxygen atoms in total. The Bertz CT molecular complexity index is 536. The van der Waals surface area contributed by atoms with Gasteiger partial charge in [-0.05, 0) is 19.2 Å². The first-order valence-corrected chi connectivity index (χ1v) is 7.66. The Labute approximate surface area is 125 Å². The van der Waals surface area contributed by atoms with Gasteiger partial charge in [0.05, 0.1) is 18.1 Å². The second-order valence-corrected chi connectivity index (χ2v) is 5.93. The predicted molar refractivity (Wildman–Crippen MR) is 78.4 cm³/mol. The highest BCUT2D eigenvalue weighted by Gasteiger charge is 2.18. The summed E-state index contributed by atoms with van der Waals surface area (Å²) in [6.45, 7) is 2.03. The second kappa shape index (κ2) is 7.68. The van der Waals surface area contributed by atoms with Crippen LogP contribution in [0.2, 0.25) is 0 Å². The van der Waals surface area contributed by atoms with E-state index < -0.39 is 10.0 Å². The highest BCUT2D eigenvalue weighted by Crippen LogP contribution is 2.31. The molecule has 2 rings (SSSR count). The monoisotopic (exact) mass is 322 g/mol. The summed E-state index contributed by atoms with van der Waals surface area (Å²) < 4.78 is 37.5. The van der Waals surface area contributed by atoms with Gasteiger partial charge in [-0.25, -0.2) is 13.1 Å². The highest BCUT2D eigenvalue weighted by atomic mass is 35.5. The van der Waals surface area contributed by atoms with Gasteiger partial charge in [-0.3, -0.25) is 0 Å². The number of hydrogen-bond acceptors (Lipinski definition) is 5. The van der Waals surface area contributed by atoms with E-state index >= 15 is 0 Å². The van der Waals surface area contributed by atoms with Crippen molar-refractivity contribution in [3.05, 3.63) is 18.2 Å². The van der Waals surface area contributed by atoms with Gasteiger partial charge < -0.3 is 14.8 Å². The molecule has 0 saturated heterocycles. The van der Waals surface area contributed by atoms with Crippen molar-refractivity contribution >= 4 is 22.4 Å². The van der Waals surface area contributed by atoms with Crippen LogP contribution in [0.3, 0.4) is 0 Å². The number of nitrogens with one attached hydrogen (secondary N) is 2. The number of ether oxygens (including phenoxy) is 2. The largest absolute Gasteiger partial charge is 0.490 e. The Kier molecular flexibility index (Phi) is 6.54. The van der Waals surface area contributed by atoms with Gasteiger partial charge >= 0.3 is 0 Å². The molecule has 0 spiro atoms. The lowest BCUT2D eigenvalue weighted by molar-refractivity contribution is 0.297. The fourth-order valence-corrected chi connectivity index (χ4v) is 2.75. The number of halogens is 1. The Hall–Kier alpha value is -1.02. The standard InChI is InChI=1S/C12H18N2O4S.ClH/c1-13-5-6-14-19(15,16)10-3-4-11-12(9-10)18-8-2-7-17-11;/h3-4,9,13-14H,2,5-8H2,1H3;1H. The molecule has 0 aliphatic carbocycles. The fourth-order valence-electron chi connectivity index (χ4n) is 1.70. The summed E-state index contributed by atoms with van der Waals surface area (Å²) in [4.78, 5) is 0.188. The SMILES string of the molecule is CNCCNS(=O)(=O)c1ccc2c(c1)OCCCO2.Cl. The van der Waals surface area contributed by atoms with E-state index in [4.69, 9.17) is 9.47 Å². The molecule has 20 heavy (non-hydrogen) atoms. The number of sulfonamides is 1. The van der Waals surface area contributed by atoms with Crippen LogP contribution < -0.4 is 19.5 Å². The van der Waals surface area contributed by atoms with Crippen LogP contribution in [0.15, 0.2) is 23.1 Å². The summed E-state index contributed by atoms with van der Waals surface area (Å²) in [5, 5.41) is 2.88. The molecule has 0 saturated carbocycles. The van der Waals surface area contributed by atoms with Crippen LogP contribution in [0.1, 0.15) is 6.42 Å². The summed E-state index contributed by atoms with van der Waals surface area (Å²) in [5.41, 5.74) is 0. The van der Waals surface area contributed by atoms with Crippen LogP contribution >= 0.6 is 12.4 Å². The minimum absolute atomic E-state index is 0. The van der Waals surface area contributed by atoms with E-state index in [-0.39, 0.29) is 17.3 Å². The maximum absolute atomic E-state index is 12.0. The van der Waals surface area contributed by atoms with Crippen LogP contribution in [0.25, 0.3) is 0 Å². The maximum Gasteiger partial charge on any atom is 0.240 e. The average Bonchev–Trinajstić information content (AvgIpc) is 2.63. The van der Waals surface area contributed by atoms with Crippen molar-refractivity contribution in [2.45, 2.75) is 11.3 Å². The molecule has 1 aromatic carbocycles. The summed E-state index contributed by atoms with van der Waals surface area (Å²) in [7, 11) is -1.74. The Morgan fingerprint density at radius 3 is 2.55 bits per heavy atom. The number of fused-ring (bicyclic) bond motifs is 1. The van der Waals surface area contributed by atoms with E-state index in [2.05, 4.69) is 10.0 Å². The first kappa shape index (κ1) is 17.0.